The van der Waals surface area contributed by atoms with Crippen LogP contribution in [0.15, 0.2) is 21.0 Å². The summed E-state index contributed by atoms with van der Waals surface area (Å²) in [4.78, 5) is 0. The van der Waals surface area contributed by atoms with Gasteiger partial charge in [-0.2, -0.15) is 0 Å². The van der Waals surface area contributed by atoms with Gasteiger partial charge in [0.15, 0.2) is 5.58 Å². The maximum atomic E-state index is 6.74. The van der Waals surface area contributed by atoms with Crippen molar-refractivity contribution in [3.8, 4) is 0 Å². The summed E-state index contributed by atoms with van der Waals surface area (Å²) in [6.45, 7) is 3.87. The summed E-state index contributed by atoms with van der Waals surface area (Å²) < 4.78 is 11.8. The molecule has 0 unspecified atom stereocenters. The van der Waals surface area contributed by atoms with E-state index >= 15 is 0 Å². The summed E-state index contributed by atoms with van der Waals surface area (Å²) in [5.74, 6) is 1.69. The summed E-state index contributed by atoms with van der Waals surface area (Å²) in [6.07, 6.45) is 4.25. The molecule has 1 aliphatic rings. The van der Waals surface area contributed by atoms with Crippen LogP contribution in [0.1, 0.15) is 42.8 Å². The Kier molecular flexibility index (Phi) is 2.69. The molecule has 0 spiro atoms. The molecule has 1 aliphatic carbocycles. The lowest BCUT2D eigenvalue weighted by Crippen LogP contribution is -2.33. The van der Waals surface area contributed by atoms with Crippen molar-refractivity contribution in [1.82, 2.24) is 0 Å². The Hall–Kier alpha value is -1.45. The van der Waals surface area contributed by atoms with E-state index < -0.39 is 0 Å². The first kappa shape index (κ1) is 13.2. The monoisotopic (exact) mass is 303 g/mol. The Bertz CT molecular complexity index is 795. The van der Waals surface area contributed by atoms with Crippen LogP contribution in [0.4, 0.5) is 0 Å². The lowest BCUT2D eigenvalue weighted by Gasteiger charge is -2.25. The van der Waals surface area contributed by atoms with Crippen molar-refractivity contribution in [2.75, 3.05) is 0 Å². The third kappa shape index (κ3) is 1.77. The van der Waals surface area contributed by atoms with E-state index in [0.717, 1.165) is 64.7 Å². The Labute approximate surface area is 128 Å². The van der Waals surface area contributed by atoms with Gasteiger partial charge in [0, 0.05) is 21.9 Å². The Balaban J connectivity index is 2.20. The molecule has 3 aromatic rings. The number of fused-ring (bicyclic) bond motifs is 2. The van der Waals surface area contributed by atoms with Crippen molar-refractivity contribution < 1.29 is 8.83 Å². The molecule has 3 nitrogen and oxygen atoms in total. The Morgan fingerprint density at radius 1 is 1.00 bits per heavy atom. The minimum Gasteiger partial charge on any atom is -0.461 e. The van der Waals surface area contributed by atoms with Gasteiger partial charge in [-0.15, -0.1) is 0 Å². The van der Waals surface area contributed by atoms with E-state index in [0.29, 0.717) is 5.02 Å². The van der Waals surface area contributed by atoms with Gasteiger partial charge in [0.05, 0.1) is 5.02 Å². The van der Waals surface area contributed by atoms with Gasteiger partial charge in [0.2, 0.25) is 0 Å². The van der Waals surface area contributed by atoms with Crippen LogP contribution in [0.3, 0.4) is 0 Å². The zero-order chi connectivity index (χ0) is 14.8. The molecule has 4 heteroatoms. The standard InChI is InChI=1S/C17H18ClNO2/c1-9-7-11-13(17(19)5-3-4-6-17)15-12(8-10(2)20-15)14(18)16(11)21-9/h7-8H,3-6,19H2,1-2H3. The fourth-order valence-electron chi connectivity index (χ4n) is 3.72. The second-order valence-corrected chi connectivity index (χ2v) is 6.63. The second kappa shape index (κ2) is 4.28. The summed E-state index contributed by atoms with van der Waals surface area (Å²) in [5, 5.41) is 2.53. The highest BCUT2D eigenvalue weighted by molar-refractivity contribution is 6.40. The molecule has 0 radical (unpaired) electrons. The quantitative estimate of drug-likeness (QED) is 0.674. The summed E-state index contributed by atoms with van der Waals surface area (Å²) >= 11 is 6.53. The zero-order valence-corrected chi connectivity index (χ0v) is 13.0. The number of aryl methyl sites for hydroxylation is 2. The van der Waals surface area contributed by atoms with E-state index in [-0.39, 0.29) is 5.54 Å². The summed E-state index contributed by atoms with van der Waals surface area (Å²) in [5.41, 5.74) is 9.02. The Morgan fingerprint density at radius 2 is 1.57 bits per heavy atom. The average Bonchev–Trinajstić information content (AvgIpc) is 3.09. The number of rotatable bonds is 1. The van der Waals surface area contributed by atoms with Gasteiger partial charge in [-0.05, 0) is 38.8 Å². The number of hydrogen-bond acceptors (Lipinski definition) is 3. The molecule has 0 saturated heterocycles. The van der Waals surface area contributed by atoms with Crippen LogP contribution in [0.2, 0.25) is 5.02 Å². The molecule has 4 rings (SSSR count). The SMILES string of the molecule is Cc1cc2c(C3(N)CCCC3)c3oc(C)cc3c(Cl)c2o1. The minimum absolute atomic E-state index is 0.346. The number of hydrogen-bond donors (Lipinski definition) is 1. The predicted molar refractivity (Wildman–Crippen MR) is 84.8 cm³/mol. The van der Waals surface area contributed by atoms with Gasteiger partial charge in [-0.3, -0.25) is 0 Å². The Morgan fingerprint density at radius 3 is 2.24 bits per heavy atom. The first-order valence-corrected chi connectivity index (χ1v) is 7.78. The highest BCUT2D eigenvalue weighted by Gasteiger charge is 2.37. The van der Waals surface area contributed by atoms with Crippen molar-refractivity contribution in [2.24, 2.45) is 5.73 Å². The van der Waals surface area contributed by atoms with Crippen LogP contribution in [0.25, 0.3) is 21.9 Å². The molecule has 2 heterocycles. The van der Waals surface area contributed by atoms with Gasteiger partial charge in [-0.1, -0.05) is 24.4 Å². The number of halogens is 1. The number of benzene rings is 1. The smallest absolute Gasteiger partial charge is 0.154 e. The zero-order valence-electron chi connectivity index (χ0n) is 12.3. The lowest BCUT2D eigenvalue weighted by molar-refractivity contribution is 0.457. The van der Waals surface area contributed by atoms with Crippen molar-refractivity contribution in [2.45, 2.75) is 45.1 Å². The van der Waals surface area contributed by atoms with Gasteiger partial charge in [0.25, 0.3) is 0 Å². The second-order valence-electron chi connectivity index (χ2n) is 6.25. The van der Waals surface area contributed by atoms with Gasteiger partial charge >= 0.3 is 0 Å². The summed E-state index contributed by atoms with van der Waals surface area (Å²) in [6, 6.07) is 4.00. The minimum atomic E-state index is -0.346. The molecule has 2 N–H and O–H groups in total. The summed E-state index contributed by atoms with van der Waals surface area (Å²) in [7, 11) is 0. The number of furan rings is 2. The first-order chi connectivity index (χ1) is 9.99. The fourth-order valence-corrected chi connectivity index (χ4v) is 4.00. The van der Waals surface area contributed by atoms with Crippen LogP contribution in [0.5, 0.6) is 0 Å². The van der Waals surface area contributed by atoms with Crippen molar-refractivity contribution in [1.29, 1.82) is 0 Å². The van der Waals surface area contributed by atoms with Crippen LogP contribution in [0, 0.1) is 13.8 Å². The van der Waals surface area contributed by atoms with Gasteiger partial charge < -0.3 is 14.6 Å². The van der Waals surface area contributed by atoms with Crippen molar-refractivity contribution >= 4 is 33.5 Å². The molecule has 1 fully saturated rings. The average molecular weight is 304 g/mol. The molecule has 1 aromatic carbocycles. The normalized spacial score (nSPS) is 18.1. The van der Waals surface area contributed by atoms with Crippen molar-refractivity contribution in [3.05, 3.63) is 34.2 Å². The van der Waals surface area contributed by atoms with Crippen LogP contribution >= 0.6 is 11.6 Å². The molecule has 2 aromatic heterocycles. The van der Waals surface area contributed by atoms with E-state index in [4.69, 9.17) is 26.2 Å². The molecule has 21 heavy (non-hydrogen) atoms. The third-order valence-electron chi connectivity index (χ3n) is 4.64. The van der Waals surface area contributed by atoms with E-state index in [2.05, 4.69) is 0 Å². The van der Waals surface area contributed by atoms with Crippen LogP contribution in [-0.2, 0) is 5.54 Å². The molecule has 0 atom stereocenters. The fraction of sp³-hybridized carbons (Fsp3) is 0.412. The van der Waals surface area contributed by atoms with E-state index in [9.17, 15) is 0 Å². The molecule has 0 aliphatic heterocycles. The van der Waals surface area contributed by atoms with Gasteiger partial charge in [-0.25, -0.2) is 0 Å². The maximum Gasteiger partial charge on any atom is 0.154 e. The molecular formula is C17H18ClNO2. The highest BCUT2D eigenvalue weighted by atomic mass is 35.5. The van der Waals surface area contributed by atoms with Crippen LogP contribution in [-0.4, -0.2) is 0 Å². The molecular weight excluding hydrogens is 286 g/mol. The highest BCUT2D eigenvalue weighted by Crippen LogP contribution is 2.47. The first-order valence-electron chi connectivity index (χ1n) is 7.41. The van der Waals surface area contributed by atoms with E-state index in [1.165, 1.54) is 0 Å². The maximum absolute atomic E-state index is 6.74. The molecule has 110 valence electrons. The number of nitrogens with two attached hydrogens (primary N) is 1. The molecule has 0 amide bonds. The third-order valence-corrected chi connectivity index (χ3v) is 5.01. The van der Waals surface area contributed by atoms with Crippen molar-refractivity contribution in [3.63, 3.8) is 0 Å². The predicted octanol–water partition coefficient (Wildman–Crippen LogP) is 5.18. The molecule has 0 bridgehead atoms. The van der Waals surface area contributed by atoms with E-state index in [1.54, 1.807) is 0 Å². The van der Waals surface area contributed by atoms with Crippen LogP contribution < -0.4 is 5.73 Å². The van der Waals surface area contributed by atoms with Gasteiger partial charge in [0.1, 0.15) is 17.1 Å². The topological polar surface area (TPSA) is 52.3 Å². The lowest BCUT2D eigenvalue weighted by atomic mass is 9.86. The van der Waals surface area contributed by atoms with E-state index in [1.807, 2.05) is 26.0 Å². The molecule has 1 saturated carbocycles. The largest absolute Gasteiger partial charge is 0.461 e.